The van der Waals surface area contributed by atoms with Gasteiger partial charge in [-0.25, -0.2) is 4.98 Å². The molecule has 0 radical (unpaired) electrons. The molecule has 0 saturated heterocycles. The molecule has 1 aromatic carbocycles. The standard InChI is InChI=1S/C21H16N4O/c1-2-4-15(5-3-1)21(16-7-10-22-11-8-16)9-6-17-18(14-21)24-25-19(17)20-23-12-13-26-20/h1-13H,14H2,(H,24,25). The summed E-state index contributed by atoms with van der Waals surface area (Å²) in [5.74, 6) is 0.531. The van der Waals surface area contributed by atoms with Crippen molar-refractivity contribution in [2.24, 2.45) is 0 Å². The van der Waals surface area contributed by atoms with Crippen LogP contribution in [0.2, 0.25) is 0 Å². The fourth-order valence-electron chi connectivity index (χ4n) is 3.72. The third kappa shape index (κ3) is 2.21. The summed E-state index contributed by atoms with van der Waals surface area (Å²) in [6.07, 6.45) is 12.0. The zero-order valence-corrected chi connectivity index (χ0v) is 14.0. The number of hydrogen-bond donors (Lipinski definition) is 1. The third-order valence-corrected chi connectivity index (χ3v) is 4.99. The summed E-state index contributed by atoms with van der Waals surface area (Å²) in [6, 6.07) is 14.7. The van der Waals surface area contributed by atoms with Crippen LogP contribution in [0.25, 0.3) is 17.7 Å². The maximum absolute atomic E-state index is 5.43. The molecule has 0 saturated carbocycles. The number of fused-ring (bicyclic) bond motifs is 1. The van der Waals surface area contributed by atoms with E-state index < -0.39 is 0 Å². The van der Waals surface area contributed by atoms with E-state index in [0.717, 1.165) is 23.4 Å². The molecule has 26 heavy (non-hydrogen) atoms. The van der Waals surface area contributed by atoms with Crippen LogP contribution in [0.5, 0.6) is 0 Å². The van der Waals surface area contributed by atoms with Gasteiger partial charge in [0.25, 0.3) is 0 Å². The molecule has 3 aromatic heterocycles. The van der Waals surface area contributed by atoms with E-state index in [1.807, 2.05) is 18.5 Å². The Bertz CT molecular complexity index is 1010. The lowest BCUT2D eigenvalue weighted by molar-refractivity contribution is 0.571. The normalized spacial score (nSPS) is 18.6. The number of allylic oxidation sites excluding steroid dienone is 1. The van der Waals surface area contributed by atoms with Crippen molar-refractivity contribution >= 4 is 6.08 Å². The average Bonchev–Trinajstić information content (AvgIpc) is 3.38. The number of aromatic nitrogens is 4. The van der Waals surface area contributed by atoms with Gasteiger partial charge in [0.2, 0.25) is 5.89 Å². The lowest BCUT2D eigenvalue weighted by atomic mass is 9.68. The van der Waals surface area contributed by atoms with E-state index in [0.29, 0.717) is 5.89 Å². The molecule has 1 atom stereocenters. The minimum Gasteiger partial charge on any atom is -0.443 e. The third-order valence-electron chi connectivity index (χ3n) is 4.99. The summed E-state index contributed by atoms with van der Waals surface area (Å²) in [4.78, 5) is 8.41. The number of aromatic amines is 1. The SMILES string of the molecule is C1=CC(c2ccccc2)(c2ccncc2)Cc2[nH]nc(-c3ncco3)c21. The van der Waals surface area contributed by atoms with Gasteiger partial charge in [0.05, 0.1) is 6.20 Å². The maximum atomic E-state index is 5.43. The minimum absolute atomic E-state index is 0.266. The van der Waals surface area contributed by atoms with Crippen LogP contribution < -0.4 is 0 Å². The molecule has 0 spiro atoms. The zero-order valence-electron chi connectivity index (χ0n) is 14.0. The summed E-state index contributed by atoms with van der Waals surface area (Å²) in [5.41, 5.74) is 5.03. The maximum Gasteiger partial charge on any atom is 0.247 e. The molecule has 1 unspecified atom stereocenters. The molecule has 126 valence electrons. The second-order valence-corrected chi connectivity index (χ2v) is 6.39. The summed E-state index contributed by atoms with van der Waals surface area (Å²) >= 11 is 0. The fourth-order valence-corrected chi connectivity index (χ4v) is 3.72. The number of benzene rings is 1. The molecule has 5 rings (SSSR count). The Morgan fingerprint density at radius 1 is 0.962 bits per heavy atom. The van der Waals surface area contributed by atoms with Crippen LogP contribution >= 0.6 is 0 Å². The molecule has 0 fully saturated rings. The highest BCUT2D eigenvalue weighted by Crippen LogP contribution is 2.42. The Labute approximate surface area is 150 Å². The molecular formula is C21H16N4O. The van der Waals surface area contributed by atoms with Gasteiger partial charge in [0.15, 0.2) is 5.69 Å². The smallest absolute Gasteiger partial charge is 0.247 e. The van der Waals surface area contributed by atoms with Crippen molar-refractivity contribution in [1.82, 2.24) is 20.2 Å². The highest BCUT2D eigenvalue weighted by molar-refractivity contribution is 5.72. The highest BCUT2D eigenvalue weighted by Gasteiger charge is 2.36. The van der Waals surface area contributed by atoms with Crippen molar-refractivity contribution in [3.63, 3.8) is 0 Å². The topological polar surface area (TPSA) is 67.6 Å². The van der Waals surface area contributed by atoms with E-state index in [1.54, 1.807) is 12.5 Å². The van der Waals surface area contributed by atoms with Crippen molar-refractivity contribution in [3.05, 3.63) is 95.8 Å². The van der Waals surface area contributed by atoms with Crippen LogP contribution in [0.3, 0.4) is 0 Å². The monoisotopic (exact) mass is 340 g/mol. The Morgan fingerprint density at radius 2 is 1.77 bits per heavy atom. The quantitative estimate of drug-likeness (QED) is 0.612. The Balaban J connectivity index is 1.67. The van der Waals surface area contributed by atoms with Crippen molar-refractivity contribution in [1.29, 1.82) is 0 Å². The van der Waals surface area contributed by atoms with E-state index in [4.69, 9.17) is 4.42 Å². The Hall–Kier alpha value is -3.47. The van der Waals surface area contributed by atoms with Gasteiger partial charge in [-0.05, 0) is 23.3 Å². The number of H-pyrrole nitrogens is 1. The van der Waals surface area contributed by atoms with Crippen LogP contribution in [-0.4, -0.2) is 20.2 Å². The predicted molar refractivity (Wildman–Crippen MR) is 98.3 cm³/mol. The van der Waals surface area contributed by atoms with Crippen LogP contribution in [0, 0.1) is 0 Å². The summed E-state index contributed by atoms with van der Waals surface area (Å²) < 4.78 is 5.43. The first kappa shape index (κ1) is 14.8. The predicted octanol–water partition coefficient (Wildman–Crippen LogP) is 4.02. The van der Waals surface area contributed by atoms with Crippen LogP contribution in [0.15, 0.2) is 77.8 Å². The van der Waals surface area contributed by atoms with Gasteiger partial charge in [0, 0.05) is 35.5 Å². The van der Waals surface area contributed by atoms with E-state index in [2.05, 4.69) is 68.7 Å². The molecule has 1 aliphatic rings. The van der Waals surface area contributed by atoms with E-state index in [-0.39, 0.29) is 5.41 Å². The van der Waals surface area contributed by atoms with Crippen molar-refractivity contribution in [2.45, 2.75) is 11.8 Å². The van der Waals surface area contributed by atoms with E-state index in [9.17, 15) is 0 Å². The van der Waals surface area contributed by atoms with E-state index in [1.165, 1.54) is 11.1 Å². The highest BCUT2D eigenvalue weighted by atomic mass is 16.3. The van der Waals surface area contributed by atoms with Gasteiger partial charge in [0.1, 0.15) is 6.26 Å². The minimum atomic E-state index is -0.266. The summed E-state index contributed by atoms with van der Waals surface area (Å²) in [5, 5.41) is 7.64. The molecule has 3 heterocycles. The molecule has 1 aliphatic carbocycles. The fraction of sp³-hybridized carbons (Fsp3) is 0.0952. The van der Waals surface area contributed by atoms with Gasteiger partial charge in [-0.15, -0.1) is 0 Å². The number of rotatable bonds is 3. The molecule has 0 amide bonds. The molecule has 0 bridgehead atoms. The van der Waals surface area contributed by atoms with Crippen LogP contribution in [0.1, 0.15) is 22.4 Å². The van der Waals surface area contributed by atoms with Gasteiger partial charge in [-0.3, -0.25) is 10.1 Å². The number of hydrogen-bond acceptors (Lipinski definition) is 4. The largest absolute Gasteiger partial charge is 0.443 e. The Morgan fingerprint density at radius 3 is 2.54 bits per heavy atom. The number of nitrogens with zero attached hydrogens (tertiary/aromatic N) is 3. The second-order valence-electron chi connectivity index (χ2n) is 6.39. The van der Waals surface area contributed by atoms with E-state index >= 15 is 0 Å². The van der Waals surface area contributed by atoms with Crippen LogP contribution in [0.4, 0.5) is 0 Å². The second kappa shape index (κ2) is 5.81. The van der Waals surface area contributed by atoms with Crippen LogP contribution in [-0.2, 0) is 11.8 Å². The summed E-state index contributed by atoms with van der Waals surface area (Å²) in [7, 11) is 0. The van der Waals surface area contributed by atoms with Gasteiger partial charge in [-0.1, -0.05) is 42.5 Å². The molecular weight excluding hydrogens is 324 g/mol. The van der Waals surface area contributed by atoms with Crippen molar-refractivity contribution in [3.8, 4) is 11.6 Å². The van der Waals surface area contributed by atoms with Gasteiger partial charge in [-0.2, -0.15) is 5.10 Å². The number of nitrogens with one attached hydrogen (secondary N) is 1. The Kier molecular flexibility index (Phi) is 3.31. The van der Waals surface area contributed by atoms with Crippen molar-refractivity contribution < 1.29 is 4.42 Å². The lowest BCUT2D eigenvalue weighted by Crippen LogP contribution is -2.30. The first-order valence-electron chi connectivity index (χ1n) is 8.49. The average molecular weight is 340 g/mol. The number of oxazole rings is 1. The molecule has 4 aromatic rings. The van der Waals surface area contributed by atoms with Gasteiger partial charge < -0.3 is 4.42 Å². The summed E-state index contributed by atoms with van der Waals surface area (Å²) in [6.45, 7) is 0. The van der Waals surface area contributed by atoms with Crippen molar-refractivity contribution in [2.75, 3.05) is 0 Å². The molecule has 5 heteroatoms. The molecule has 5 nitrogen and oxygen atoms in total. The zero-order chi connectivity index (χ0) is 17.4. The first-order valence-corrected chi connectivity index (χ1v) is 8.49. The first-order chi connectivity index (χ1) is 12.9. The number of pyridine rings is 1. The molecule has 1 N–H and O–H groups in total. The lowest BCUT2D eigenvalue weighted by Gasteiger charge is -2.34. The van der Waals surface area contributed by atoms with Gasteiger partial charge >= 0.3 is 0 Å². The molecule has 0 aliphatic heterocycles.